The fourth-order valence-electron chi connectivity index (χ4n) is 2.44. The minimum absolute atomic E-state index is 0.0291. The Hall–Kier alpha value is -2.53. The molecule has 3 rings (SSSR count). The summed E-state index contributed by atoms with van der Waals surface area (Å²) in [6.07, 6.45) is 3.68. The van der Waals surface area contributed by atoms with Crippen LogP contribution in [0.4, 0.5) is 5.69 Å². The maximum Gasteiger partial charge on any atom is 0.234 e. The maximum absolute atomic E-state index is 12.1. The van der Waals surface area contributed by atoms with E-state index in [2.05, 4.69) is 29.5 Å². The molecule has 1 N–H and O–H groups in total. The number of anilines is 1. The minimum atomic E-state index is 0.0291. The zero-order valence-electron chi connectivity index (χ0n) is 14.4. The number of carbonyl (C=O) groups excluding carboxylic acids is 1. The molecule has 0 saturated carbocycles. The summed E-state index contributed by atoms with van der Waals surface area (Å²) >= 11 is 1.61. The first kappa shape index (κ1) is 17.3. The van der Waals surface area contributed by atoms with E-state index >= 15 is 0 Å². The number of nitrogens with one attached hydrogen (secondary N) is 1. The van der Waals surface area contributed by atoms with Gasteiger partial charge in [-0.05, 0) is 60.9 Å². The largest absolute Gasteiger partial charge is 0.325 e. The van der Waals surface area contributed by atoms with Gasteiger partial charge >= 0.3 is 0 Å². The first-order chi connectivity index (χ1) is 12.1. The highest BCUT2D eigenvalue weighted by Gasteiger charge is 2.04. The van der Waals surface area contributed by atoms with Crippen molar-refractivity contribution >= 4 is 23.4 Å². The Morgan fingerprint density at radius 2 is 1.92 bits per heavy atom. The molecule has 0 unspecified atom stereocenters. The van der Waals surface area contributed by atoms with Crippen molar-refractivity contribution in [3.05, 3.63) is 77.6 Å². The third-order valence-corrected chi connectivity index (χ3v) is 5.00. The van der Waals surface area contributed by atoms with E-state index in [1.54, 1.807) is 18.0 Å². The third-order valence-electron chi connectivity index (χ3n) is 4.00. The normalized spacial score (nSPS) is 10.6. The summed E-state index contributed by atoms with van der Waals surface area (Å²) in [6, 6.07) is 16.1. The second kappa shape index (κ2) is 8.03. The number of carbonyl (C=O) groups is 1. The Morgan fingerprint density at radius 3 is 2.60 bits per heavy atom. The number of hydrogen-bond donors (Lipinski definition) is 1. The maximum atomic E-state index is 12.1. The molecule has 0 atom stereocenters. The van der Waals surface area contributed by atoms with E-state index in [0.717, 1.165) is 17.1 Å². The van der Waals surface area contributed by atoms with Crippen LogP contribution in [-0.4, -0.2) is 21.4 Å². The van der Waals surface area contributed by atoms with Crippen LogP contribution in [0.3, 0.4) is 0 Å². The molecule has 0 radical (unpaired) electrons. The molecule has 1 aromatic heterocycles. The molecule has 5 heteroatoms. The second-order valence-electron chi connectivity index (χ2n) is 5.96. The molecular formula is C20H21N3OS. The number of benzene rings is 2. The molecule has 128 valence electrons. The molecule has 3 aromatic rings. The SMILES string of the molecule is Cc1ccc(NC(=O)CSCc2ccc(-n3cccn3)cc2)cc1C. The number of rotatable bonds is 6. The molecule has 0 bridgehead atoms. The second-order valence-corrected chi connectivity index (χ2v) is 6.94. The number of aryl methyl sites for hydroxylation is 2. The standard InChI is InChI=1S/C20H21N3OS/c1-15-4-7-18(12-16(15)2)22-20(24)14-25-13-17-5-8-19(9-6-17)23-11-3-10-21-23/h3-12H,13-14H2,1-2H3,(H,22,24). The molecule has 1 heterocycles. The van der Waals surface area contributed by atoms with Crippen molar-refractivity contribution in [1.29, 1.82) is 0 Å². The monoisotopic (exact) mass is 351 g/mol. The van der Waals surface area contributed by atoms with Crippen LogP contribution in [0, 0.1) is 13.8 Å². The predicted octanol–water partition coefficient (Wildman–Crippen LogP) is 4.36. The average Bonchev–Trinajstić information content (AvgIpc) is 3.13. The number of aromatic nitrogens is 2. The van der Waals surface area contributed by atoms with E-state index in [4.69, 9.17) is 0 Å². The van der Waals surface area contributed by atoms with E-state index in [9.17, 15) is 4.79 Å². The lowest BCUT2D eigenvalue weighted by molar-refractivity contribution is -0.113. The number of amides is 1. The van der Waals surface area contributed by atoms with Gasteiger partial charge < -0.3 is 5.32 Å². The lowest BCUT2D eigenvalue weighted by Gasteiger charge is -2.08. The Bertz CT molecular complexity index is 842. The van der Waals surface area contributed by atoms with E-state index in [0.29, 0.717) is 5.75 Å². The summed E-state index contributed by atoms with van der Waals surface area (Å²) in [7, 11) is 0. The van der Waals surface area contributed by atoms with Crippen LogP contribution in [0.1, 0.15) is 16.7 Å². The van der Waals surface area contributed by atoms with Gasteiger partial charge in [0.05, 0.1) is 11.4 Å². The Labute approximate surface area is 152 Å². The van der Waals surface area contributed by atoms with Gasteiger partial charge in [-0.3, -0.25) is 4.79 Å². The van der Waals surface area contributed by atoms with Gasteiger partial charge in [0, 0.05) is 23.8 Å². The molecule has 2 aromatic carbocycles. The number of nitrogens with zero attached hydrogens (tertiary/aromatic N) is 2. The van der Waals surface area contributed by atoms with Crippen LogP contribution in [0.25, 0.3) is 5.69 Å². The molecule has 25 heavy (non-hydrogen) atoms. The van der Waals surface area contributed by atoms with Gasteiger partial charge in [-0.15, -0.1) is 11.8 Å². The van der Waals surface area contributed by atoms with Crippen molar-refractivity contribution in [2.45, 2.75) is 19.6 Å². The van der Waals surface area contributed by atoms with Crippen molar-refractivity contribution in [1.82, 2.24) is 9.78 Å². The van der Waals surface area contributed by atoms with Gasteiger partial charge in [0.25, 0.3) is 0 Å². The van der Waals surface area contributed by atoms with Crippen molar-refractivity contribution in [2.24, 2.45) is 0 Å². The highest BCUT2D eigenvalue weighted by atomic mass is 32.2. The van der Waals surface area contributed by atoms with E-state index in [1.807, 2.05) is 54.2 Å². The first-order valence-corrected chi connectivity index (χ1v) is 9.31. The van der Waals surface area contributed by atoms with Crippen LogP contribution in [0.5, 0.6) is 0 Å². The van der Waals surface area contributed by atoms with Crippen molar-refractivity contribution in [3.8, 4) is 5.69 Å². The molecule has 0 aliphatic carbocycles. The Kier molecular flexibility index (Phi) is 5.56. The van der Waals surface area contributed by atoms with Crippen molar-refractivity contribution in [2.75, 3.05) is 11.1 Å². The topological polar surface area (TPSA) is 46.9 Å². The highest BCUT2D eigenvalue weighted by molar-refractivity contribution is 7.99. The van der Waals surface area contributed by atoms with Gasteiger partial charge in [-0.2, -0.15) is 5.10 Å². The molecule has 0 spiro atoms. The van der Waals surface area contributed by atoms with Crippen LogP contribution in [-0.2, 0) is 10.5 Å². The van der Waals surface area contributed by atoms with Crippen LogP contribution < -0.4 is 5.32 Å². The van der Waals surface area contributed by atoms with Crippen LogP contribution in [0.2, 0.25) is 0 Å². The molecule has 0 aliphatic heterocycles. The minimum Gasteiger partial charge on any atom is -0.325 e. The quantitative estimate of drug-likeness (QED) is 0.718. The third kappa shape index (κ3) is 4.73. The summed E-state index contributed by atoms with van der Waals surface area (Å²) in [6.45, 7) is 4.11. The van der Waals surface area contributed by atoms with Crippen molar-refractivity contribution < 1.29 is 4.79 Å². The van der Waals surface area contributed by atoms with Gasteiger partial charge in [0.15, 0.2) is 0 Å². The number of hydrogen-bond acceptors (Lipinski definition) is 3. The fraction of sp³-hybridized carbons (Fsp3) is 0.200. The fourth-order valence-corrected chi connectivity index (χ4v) is 3.23. The zero-order valence-corrected chi connectivity index (χ0v) is 15.2. The van der Waals surface area contributed by atoms with Crippen LogP contribution >= 0.6 is 11.8 Å². The van der Waals surface area contributed by atoms with E-state index < -0.39 is 0 Å². The average molecular weight is 351 g/mol. The molecule has 1 amide bonds. The molecule has 0 saturated heterocycles. The zero-order chi connectivity index (χ0) is 17.6. The van der Waals surface area contributed by atoms with Gasteiger partial charge in [-0.1, -0.05) is 18.2 Å². The van der Waals surface area contributed by atoms with Gasteiger partial charge in [0.1, 0.15) is 0 Å². The lowest BCUT2D eigenvalue weighted by Crippen LogP contribution is -2.14. The van der Waals surface area contributed by atoms with Crippen LogP contribution in [0.15, 0.2) is 60.9 Å². The molecule has 0 aliphatic rings. The first-order valence-electron chi connectivity index (χ1n) is 8.15. The highest BCUT2D eigenvalue weighted by Crippen LogP contribution is 2.17. The Morgan fingerprint density at radius 1 is 1.12 bits per heavy atom. The van der Waals surface area contributed by atoms with E-state index in [1.165, 1.54) is 16.7 Å². The van der Waals surface area contributed by atoms with Gasteiger partial charge in [0.2, 0.25) is 5.91 Å². The van der Waals surface area contributed by atoms with E-state index in [-0.39, 0.29) is 5.91 Å². The summed E-state index contributed by atoms with van der Waals surface area (Å²) in [5, 5.41) is 7.16. The summed E-state index contributed by atoms with van der Waals surface area (Å²) in [4.78, 5) is 12.1. The number of thioether (sulfide) groups is 1. The predicted molar refractivity (Wildman–Crippen MR) is 104 cm³/mol. The Balaban J connectivity index is 1.47. The van der Waals surface area contributed by atoms with Gasteiger partial charge in [-0.25, -0.2) is 4.68 Å². The summed E-state index contributed by atoms with van der Waals surface area (Å²) < 4.78 is 1.83. The van der Waals surface area contributed by atoms with Crippen molar-refractivity contribution in [3.63, 3.8) is 0 Å². The lowest BCUT2D eigenvalue weighted by atomic mass is 10.1. The molecular weight excluding hydrogens is 330 g/mol. The molecule has 4 nitrogen and oxygen atoms in total. The smallest absolute Gasteiger partial charge is 0.234 e. The summed E-state index contributed by atoms with van der Waals surface area (Å²) in [5.41, 5.74) is 5.50. The molecule has 0 fully saturated rings. The summed E-state index contributed by atoms with van der Waals surface area (Å²) in [5.74, 6) is 1.27.